The van der Waals surface area contributed by atoms with Crippen LogP contribution in [0.25, 0.3) is 0 Å². The summed E-state index contributed by atoms with van der Waals surface area (Å²) in [6.45, 7) is 13.2. The van der Waals surface area contributed by atoms with Crippen LogP contribution in [-0.2, 0) is 20.9 Å². The first kappa shape index (κ1) is 26.3. The van der Waals surface area contributed by atoms with Crippen LogP contribution in [0.15, 0.2) is 30.3 Å². The largest absolute Gasteiger partial charge is 0.445 e. The third kappa shape index (κ3) is 10.7. The first-order chi connectivity index (χ1) is 14.4. The average molecular weight is 436 g/mol. The minimum Gasteiger partial charge on any atom is -0.445 e. The van der Waals surface area contributed by atoms with Crippen LogP contribution in [0, 0.1) is 11.8 Å². The summed E-state index contributed by atoms with van der Waals surface area (Å²) in [5.41, 5.74) is 0.248. The van der Waals surface area contributed by atoms with Crippen molar-refractivity contribution in [2.75, 3.05) is 6.54 Å². The van der Waals surface area contributed by atoms with E-state index in [-0.39, 0.29) is 36.9 Å². The fraction of sp³-hybridized carbons (Fsp3) is 0.609. The van der Waals surface area contributed by atoms with Gasteiger partial charge in [-0.15, -0.1) is 0 Å². The molecule has 1 rings (SSSR count). The Labute approximate surface area is 185 Å². The molecule has 3 amide bonds. The van der Waals surface area contributed by atoms with E-state index < -0.39 is 23.8 Å². The van der Waals surface area contributed by atoms with Crippen LogP contribution in [0.1, 0.15) is 54.0 Å². The van der Waals surface area contributed by atoms with Gasteiger partial charge in [-0.3, -0.25) is 4.79 Å². The predicted molar refractivity (Wildman–Crippen MR) is 119 cm³/mol. The number of alkyl carbamates (subject to hydrolysis) is 2. The monoisotopic (exact) mass is 435 g/mol. The van der Waals surface area contributed by atoms with E-state index in [2.05, 4.69) is 16.0 Å². The lowest BCUT2D eigenvalue weighted by Gasteiger charge is -2.27. The molecule has 2 atom stereocenters. The number of hydrogen-bond donors (Lipinski definition) is 3. The molecule has 0 aliphatic rings. The molecule has 8 nitrogen and oxygen atoms in total. The molecule has 0 spiro atoms. The number of benzene rings is 1. The first-order valence-corrected chi connectivity index (χ1v) is 10.6. The normalized spacial score (nSPS) is 13.3. The van der Waals surface area contributed by atoms with E-state index in [1.807, 2.05) is 58.0 Å². The zero-order valence-electron chi connectivity index (χ0n) is 19.7. The Morgan fingerprint density at radius 3 is 2.03 bits per heavy atom. The highest BCUT2D eigenvalue weighted by molar-refractivity contribution is 5.85. The van der Waals surface area contributed by atoms with Gasteiger partial charge in [0.1, 0.15) is 18.2 Å². The first-order valence-electron chi connectivity index (χ1n) is 10.6. The van der Waals surface area contributed by atoms with Gasteiger partial charge in [-0.2, -0.15) is 0 Å². The van der Waals surface area contributed by atoms with Crippen molar-refractivity contribution in [2.24, 2.45) is 11.8 Å². The molecule has 3 N–H and O–H groups in total. The van der Waals surface area contributed by atoms with Crippen molar-refractivity contribution in [3.8, 4) is 0 Å². The number of nitrogens with one attached hydrogen (secondary N) is 3. The number of hydrogen-bond acceptors (Lipinski definition) is 5. The van der Waals surface area contributed by atoms with Crippen LogP contribution in [0.2, 0.25) is 0 Å². The maximum atomic E-state index is 12.7. The highest BCUT2D eigenvalue weighted by atomic mass is 16.6. The molecular weight excluding hydrogens is 398 g/mol. The topological polar surface area (TPSA) is 106 Å². The Balaban J connectivity index is 2.60. The second-order valence-electron chi connectivity index (χ2n) is 9.17. The third-order valence-corrected chi connectivity index (χ3v) is 4.44. The maximum Gasteiger partial charge on any atom is 0.408 e. The highest BCUT2D eigenvalue weighted by Crippen LogP contribution is 2.09. The standard InChI is InChI=1S/C23H37N3O5/c1-15(2)18(25-22(29)31-23(5,6)7)13-24-20(27)19(16(3)4)26-21(28)30-14-17-11-9-8-10-12-17/h8-12,15-16,18-19H,13-14H2,1-7H3,(H,24,27)(H,25,29)(H,26,28)/t18-,19?/m1/s1. The molecule has 0 aliphatic carbocycles. The van der Waals surface area contributed by atoms with Crippen molar-refractivity contribution in [1.29, 1.82) is 0 Å². The van der Waals surface area contributed by atoms with E-state index in [0.717, 1.165) is 5.56 Å². The molecule has 0 bridgehead atoms. The van der Waals surface area contributed by atoms with Crippen LogP contribution in [-0.4, -0.2) is 42.3 Å². The molecule has 8 heteroatoms. The molecule has 0 saturated heterocycles. The van der Waals surface area contributed by atoms with Gasteiger partial charge >= 0.3 is 12.2 Å². The van der Waals surface area contributed by atoms with E-state index in [4.69, 9.17) is 9.47 Å². The lowest BCUT2D eigenvalue weighted by molar-refractivity contribution is -0.124. The zero-order chi connectivity index (χ0) is 23.6. The van der Waals surface area contributed by atoms with Crippen LogP contribution in [0.5, 0.6) is 0 Å². The number of carbonyl (C=O) groups excluding carboxylic acids is 3. The molecular formula is C23H37N3O5. The van der Waals surface area contributed by atoms with Crippen LogP contribution >= 0.6 is 0 Å². The zero-order valence-corrected chi connectivity index (χ0v) is 19.7. The number of carbonyl (C=O) groups is 3. The number of amides is 3. The van der Waals surface area contributed by atoms with Gasteiger partial charge in [-0.1, -0.05) is 58.0 Å². The van der Waals surface area contributed by atoms with E-state index in [1.165, 1.54) is 0 Å². The van der Waals surface area contributed by atoms with Crippen molar-refractivity contribution in [3.63, 3.8) is 0 Å². The molecule has 174 valence electrons. The van der Waals surface area contributed by atoms with E-state index in [1.54, 1.807) is 20.8 Å². The second kappa shape index (κ2) is 12.2. The number of ether oxygens (including phenoxy) is 2. The van der Waals surface area contributed by atoms with Gasteiger partial charge in [0.25, 0.3) is 0 Å². The summed E-state index contributed by atoms with van der Waals surface area (Å²) in [5, 5.41) is 8.23. The van der Waals surface area contributed by atoms with Gasteiger partial charge in [0.15, 0.2) is 0 Å². The quantitative estimate of drug-likeness (QED) is 0.550. The van der Waals surface area contributed by atoms with Crippen molar-refractivity contribution in [1.82, 2.24) is 16.0 Å². The Kier molecular flexibility index (Phi) is 10.3. The minimum atomic E-state index is -0.766. The van der Waals surface area contributed by atoms with Crippen LogP contribution in [0.3, 0.4) is 0 Å². The fourth-order valence-electron chi connectivity index (χ4n) is 2.66. The smallest absolute Gasteiger partial charge is 0.408 e. The summed E-state index contributed by atoms with van der Waals surface area (Å²) < 4.78 is 10.5. The highest BCUT2D eigenvalue weighted by Gasteiger charge is 2.27. The van der Waals surface area contributed by atoms with Gasteiger partial charge in [-0.25, -0.2) is 9.59 Å². The summed E-state index contributed by atoms with van der Waals surface area (Å²) in [7, 11) is 0. The SMILES string of the molecule is CC(C)C(NC(=O)OCc1ccccc1)C(=O)NC[C@@H](NC(=O)OC(C)(C)C)C(C)C. The second-order valence-corrected chi connectivity index (χ2v) is 9.17. The molecule has 1 aromatic rings. The summed E-state index contributed by atoms with van der Waals surface area (Å²) >= 11 is 0. The van der Waals surface area contributed by atoms with E-state index in [9.17, 15) is 14.4 Å². The summed E-state index contributed by atoms with van der Waals surface area (Å²) in [6, 6.07) is 8.21. The maximum absolute atomic E-state index is 12.7. The lowest BCUT2D eigenvalue weighted by Crippen LogP contribution is -2.54. The van der Waals surface area contributed by atoms with Gasteiger partial charge in [0.2, 0.25) is 5.91 Å². The molecule has 0 fully saturated rings. The van der Waals surface area contributed by atoms with Crippen LogP contribution in [0.4, 0.5) is 9.59 Å². The van der Waals surface area contributed by atoms with Gasteiger partial charge < -0.3 is 25.4 Å². The van der Waals surface area contributed by atoms with E-state index in [0.29, 0.717) is 0 Å². The molecule has 0 heterocycles. The van der Waals surface area contributed by atoms with Crippen molar-refractivity contribution in [2.45, 2.75) is 72.8 Å². The Morgan fingerprint density at radius 2 is 1.52 bits per heavy atom. The predicted octanol–water partition coefficient (Wildman–Crippen LogP) is 3.60. The summed E-state index contributed by atoms with van der Waals surface area (Å²) in [5.74, 6) is -0.432. The van der Waals surface area contributed by atoms with Crippen molar-refractivity contribution >= 4 is 18.1 Å². The third-order valence-electron chi connectivity index (χ3n) is 4.44. The Hall–Kier alpha value is -2.77. The molecule has 1 aromatic carbocycles. The van der Waals surface area contributed by atoms with Gasteiger partial charge in [-0.05, 0) is 38.2 Å². The summed E-state index contributed by atoms with van der Waals surface area (Å²) in [4.78, 5) is 37.0. The number of rotatable bonds is 9. The molecule has 1 unspecified atom stereocenters. The van der Waals surface area contributed by atoms with E-state index >= 15 is 0 Å². The van der Waals surface area contributed by atoms with Gasteiger partial charge in [0, 0.05) is 6.54 Å². The average Bonchev–Trinajstić information content (AvgIpc) is 2.66. The Bertz CT molecular complexity index is 714. The van der Waals surface area contributed by atoms with Crippen molar-refractivity contribution in [3.05, 3.63) is 35.9 Å². The van der Waals surface area contributed by atoms with Crippen LogP contribution < -0.4 is 16.0 Å². The molecule has 0 aliphatic heterocycles. The van der Waals surface area contributed by atoms with Crippen molar-refractivity contribution < 1.29 is 23.9 Å². The molecule has 31 heavy (non-hydrogen) atoms. The fourth-order valence-corrected chi connectivity index (χ4v) is 2.66. The lowest BCUT2D eigenvalue weighted by atomic mass is 10.0. The van der Waals surface area contributed by atoms with Gasteiger partial charge in [0.05, 0.1) is 6.04 Å². The molecule has 0 aromatic heterocycles. The Morgan fingerprint density at radius 1 is 0.903 bits per heavy atom. The minimum absolute atomic E-state index is 0.0640. The molecule has 0 radical (unpaired) electrons. The summed E-state index contributed by atoms with van der Waals surface area (Å²) in [6.07, 6.45) is -1.20. The molecule has 0 saturated carbocycles.